The van der Waals surface area contributed by atoms with Crippen LogP contribution in [-0.4, -0.2) is 39.5 Å². The molecule has 0 fully saturated rings. The van der Waals surface area contributed by atoms with Crippen LogP contribution in [0, 0.1) is 0 Å². The summed E-state index contributed by atoms with van der Waals surface area (Å²) in [5, 5.41) is 13.0. The maximum atomic E-state index is 12.3. The number of phenolic OH excluding ortho intramolecular Hbond substituents is 1. The van der Waals surface area contributed by atoms with E-state index in [1.54, 1.807) is 63.8 Å². The number of phenols is 1. The van der Waals surface area contributed by atoms with Gasteiger partial charge in [-0.3, -0.25) is 4.79 Å². The van der Waals surface area contributed by atoms with Gasteiger partial charge >= 0.3 is 0 Å². The van der Waals surface area contributed by atoms with Gasteiger partial charge in [0, 0.05) is 6.08 Å². The number of nitrogens with two attached hydrogens (primary N) is 1. The Morgan fingerprint density at radius 2 is 1.37 bits per heavy atom. The molecule has 8 nitrogen and oxygen atoms in total. The van der Waals surface area contributed by atoms with Crippen molar-refractivity contribution in [2.45, 2.75) is 0 Å². The van der Waals surface area contributed by atoms with Crippen molar-refractivity contribution in [2.24, 2.45) is 0 Å². The molecular formula is C27H28N2O6. The van der Waals surface area contributed by atoms with E-state index >= 15 is 0 Å². The number of hydrogen-bond donors (Lipinski definition) is 3. The number of amides is 1. The molecule has 3 aromatic rings. The van der Waals surface area contributed by atoms with Crippen LogP contribution in [-0.2, 0) is 4.79 Å². The van der Waals surface area contributed by atoms with Gasteiger partial charge in [-0.25, -0.2) is 0 Å². The predicted octanol–water partition coefficient (Wildman–Crippen LogP) is 4.83. The smallest absolute Gasteiger partial charge is 0.248 e. The summed E-state index contributed by atoms with van der Waals surface area (Å²) in [6.07, 6.45) is 6.65. The molecule has 1 amide bonds. The van der Waals surface area contributed by atoms with Crippen LogP contribution in [0.25, 0.3) is 18.2 Å². The summed E-state index contributed by atoms with van der Waals surface area (Å²) in [5.74, 6) is 1.70. The Morgan fingerprint density at radius 1 is 0.771 bits per heavy atom. The molecule has 3 rings (SSSR count). The van der Waals surface area contributed by atoms with Crippen LogP contribution in [0.5, 0.6) is 28.7 Å². The van der Waals surface area contributed by atoms with Gasteiger partial charge in [-0.1, -0.05) is 24.3 Å². The second kappa shape index (κ2) is 11.5. The molecule has 0 atom stereocenters. The van der Waals surface area contributed by atoms with E-state index in [9.17, 15) is 9.90 Å². The van der Waals surface area contributed by atoms with E-state index in [-0.39, 0.29) is 5.75 Å². The lowest BCUT2D eigenvalue weighted by Crippen LogP contribution is -2.07. The van der Waals surface area contributed by atoms with Crippen LogP contribution < -0.4 is 30.0 Å². The molecular weight excluding hydrogens is 448 g/mol. The number of methoxy groups -OCH3 is 4. The molecule has 0 radical (unpaired) electrons. The molecule has 0 bridgehead atoms. The van der Waals surface area contributed by atoms with Crippen LogP contribution in [0.1, 0.15) is 16.7 Å². The van der Waals surface area contributed by atoms with Gasteiger partial charge in [-0.05, 0) is 59.2 Å². The van der Waals surface area contributed by atoms with Crippen LogP contribution in [0.3, 0.4) is 0 Å². The van der Waals surface area contributed by atoms with Crippen LogP contribution in [0.4, 0.5) is 11.4 Å². The van der Waals surface area contributed by atoms with Crippen LogP contribution in [0.15, 0.2) is 54.6 Å². The molecule has 0 saturated heterocycles. The van der Waals surface area contributed by atoms with E-state index in [0.717, 1.165) is 16.7 Å². The Bertz CT molecular complexity index is 1240. The fraction of sp³-hybridized carbons (Fsp3) is 0.148. The summed E-state index contributed by atoms with van der Waals surface area (Å²) < 4.78 is 21.2. The summed E-state index contributed by atoms with van der Waals surface area (Å²) in [6.45, 7) is 0. The number of ether oxygens (including phenoxy) is 4. The summed E-state index contributed by atoms with van der Waals surface area (Å²) in [6, 6.07) is 13.8. The van der Waals surface area contributed by atoms with E-state index in [0.29, 0.717) is 34.4 Å². The number of carbonyl (C=O) groups excluding carboxylic acids is 1. The van der Waals surface area contributed by atoms with Crippen molar-refractivity contribution < 1.29 is 28.8 Å². The van der Waals surface area contributed by atoms with Gasteiger partial charge in [0.25, 0.3) is 0 Å². The Hall–Kier alpha value is -4.59. The van der Waals surface area contributed by atoms with Crippen molar-refractivity contribution in [3.05, 3.63) is 71.3 Å². The molecule has 0 heterocycles. The van der Waals surface area contributed by atoms with Gasteiger partial charge in [0.05, 0.1) is 39.8 Å². The van der Waals surface area contributed by atoms with Crippen molar-refractivity contribution in [3.8, 4) is 28.7 Å². The first-order valence-electron chi connectivity index (χ1n) is 10.6. The minimum atomic E-state index is -0.393. The van der Waals surface area contributed by atoms with Crippen LogP contribution in [0.2, 0.25) is 0 Å². The SMILES string of the molecule is COc1ccc(/C=C/C(=O)Nc2ccc(/C=C/c3cc(OC)c(OC)c(OC)c3)cc2O)cc1N. The minimum Gasteiger partial charge on any atom is -0.506 e. The highest BCUT2D eigenvalue weighted by Crippen LogP contribution is 2.38. The number of nitrogen functional groups attached to an aromatic ring is 1. The lowest BCUT2D eigenvalue weighted by Gasteiger charge is -2.12. The second-order valence-corrected chi connectivity index (χ2v) is 7.39. The fourth-order valence-electron chi connectivity index (χ4n) is 3.35. The highest BCUT2D eigenvalue weighted by molar-refractivity contribution is 6.03. The number of nitrogens with one attached hydrogen (secondary N) is 1. The Morgan fingerprint density at radius 3 is 1.94 bits per heavy atom. The van der Waals surface area contributed by atoms with E-state index in [2.05, 4.69) is 5.32 Å². The highest BCUT2D eigenvalue weighted by Gasteiger charge is 2.12. The molecule has 4 N–H and O–H groups in total. The first-order valence-corrected chi connectivity index (χ1v) is 10.6. The minimum absolute atomic E-state index is 0.0625. The average molecular weight is 477 g/mol. The summed E-state index contributed by atoms with van der Waals surface area (Å²) in [5.41, 5.74) is 8.95. The lowest BCUT2D eigenvalue weighted by atomic mass is 10.1. The third kappa shape index (κ3) is 6.26. The second-order valence-electron chi connectivity index (χ2n) is 7.39. The van der Waals surface area contributed by atoms with E-state index in [1.807, 2.05) is 24.3 Å². The first-order chi connectivity index (χ1) is 16.9. The number of hydrogen-bond acceptors (Lipinski definition) is 7. The predicted molar refractivity (Wildman–Crippen MR) is 138 cm³/mol. The Balaban J connectivity index is 1.70. The number of carbonyl (C=O) groups is 1. The zero-order valence-corrected chi connectivity index (χ0v) is 20.0. The van der Waals surface area contributed by atoms with Gasteiger partial charge in [0.15, 0.2) is 11.5 Å². The molecule has 3 aromatic carbocycles. The largest absolute Gasteiger partial charge is 0.506 e. The van der Waals surface area contributed by atoms with Crippen molar-refractivity contribution in [1.29, 1.82) is 0 Å². The van der Waals surface area contributed by atoms with Gasteiger partial charge in [0.1, 0.15) is 11.5 Å². The molecule has 0 aliphatic heterocycles. The molecule has 8 heteroatoms. The van der Waals surface area contributed by atoms with Crippen molar-refractivity contribution >= 4 is 35.5 Å². The monoisotopic (exact) mass is 476 g/mol. The van der Waals surface area contributed by atoms with E-state index in [1.165, 1.54) is 13.2 Å². The molecule has 182 valence electrons. The first kappa shape index (κ1) is 25.0. The zero-order chi connectivity index (χ0) is 25.4. The quantitative estimate of drug-likeness (QED) is 0.175. The average Bonchev–Trinajstić information content (AvgIpc) is 2.87. The normalized spacial score (nSPS) is 11.0. The molecule has 0 spiro atoms. The third-order valence-electron chi connectivity index (χ3n) is 5.12. The molecule has 0 aliphatic rings. The van der Waals surface area contributed by atoms with Gasteiger partial charge in [-0.15, -0.1) is 0 Å². The van der Waals surface area contributed by atoms with Crippen molar-refractivity contribution in [3.63, 3.8) is 0 Å². The molecule has 0 aromatic heterocycles. The van der Waals surface area contributed by atoms with Crippen LogP contribution >= 0.6 is 0 Å². The number of rotatable bonds is 9. The standard InChI is InChI=1S/C27H28N2O6/c1-32-23-11-8-17(13-20(23)28)9-12-26(31)29-21-10-7-18(14-22(21)30)5-6-19-15-24(33-2)27(35-4)25(16-19)34-3/h5-16,30H,28H2,1-4H3,(H,29,31)/b6-5+,12-9+. The molecule has 35 heavy (non-hydrogen) atoms. The fourth-order valence-corrected chi connectivity index (χ4v) is 3.35. The third-order valence-corrected chi connectivity index (χ3v) is 5.12. The molecule has 0 unspecified atom stereocenters. The number of benzene rings is 3. The summed E-state index contributed by atoms with van der Waals surface area (Å²) >= 11 is 0. The van der Waals surface area contributed by atoms with Gasteiger partial charge in [-0.2, -0.15) is 0 Å². The van der Waals surface area contributed by atoms with Crippen molar-refractivity contribution in [2.75, 3.05) is 39.5 Å². The van der Waals surface area contributed by atoms with E-state index in [4.69, 9.17) is 24.7 Å². The zero-order valence-electron chi connectivity index (χ0n) is 20.0. The number of aromatic hydroxyl groups is 1. The topological polar surface area (TPSA) is 112 Å². The maximum absolute atomic E-state index is 12.3. The summed E-state index contributed by atoms with van der Waals surface area (Å²) in [7, 11) is 6.19. The summed E-state index contributed by atoms with van der Waals surface area (Å²) in [4.78, 5) is 12.3. The molecule has 0 saturated carbocycles. The maximum Gasteiger partial charge on any atom is 0.248 e. The Kier molecular flexibility index (Phi) is 8.24. The van der Waals surface area contributed by atoms with Crippen molar-refractivity contribution in [1.82, 2.24) is 0 Å². The van der Waals surface area contributed by atoms with Gasteiger partial charge in [0.2, 0.25) is 11.7 Å². The number of anilines is 2. The van der Waals surface area contributed by atoms with Gasteiger partial charge < -0.3 is 35.1 Å². The van der Waals surface area contributed by atoms with E-state index < -0.39 is 5.91 Å². The Labute approximate surface area is 204 Å². The lowest BCUT2D eigenvalue weighted by molar-refractivity contribution is -0.111. The molecule has 0 aliphatic carbocycles. The highest BCUT2D eigenvalue weighted by atomic mass is 16.5.